The second-order valence-corrected chi connectivity index (χ2v) is 3.92. The fourth-order valence-corrected chi connectivity index (χ4v) is 1.96. The second kappa shape index (κ2) is 3.47. The summed E-state index contributed by atoms with van der Waals surface area (Å²) in [6.45, 7) is 13.1. The van der Waals surface area contributed by atoms with E-state index in [0.717, 1.165) is 0 Å². The minimum Gasteiger partial charge on any atom is -0.0987 e. The molecule has 0 heteroatoms. The van der Waals surface area contributed by atoms with Crippen molar-refractivity contribution < 1.29 is 0 Å². The molecule has 0 spiro atoms. The average molecular weight is 164 g/mol. The lowest BCUT2D eigenvalue weighted by Crippen LogP contribution is -1.97. The topological polar surface area (TPSA) is 0 Å². The summed E-state index contributed by atoms with van der Waals surface area (Å²) in [7, 11) is 0. The first-order chi connectivity index (χ1) is 5.63. The maximum atomic E-state index is 4.17. The van der Waals surface area contributed by atoms with E-state index < -0.39 is 0 Å². The van der Waals surface area contributed by atoms with Gasteiger partial charge in [0.05, 0.1) is 0 Å². The van der Waals surface area contributed by atoms with Crippen LogP contribution in [0.1, 0.15) is 40.5 Å². The number of allylic oxidation sites excluding steroid dienone is 3. The van der Waals surface area contributed by atoms with Gasteiger partial charge in [0, 0.05) is 5.92 Å². The Morgan fingerprint density at radius 2 is 1.67 bits per heavy atom. The molecule has 0 radical (unpaired) electrons. The fourth-order valence-electron chi connectivity index (χ4n) is 1.96. The Kier molecular flexibility index (Phi) is 2.76. The van der Waals surface area contributed by atoms with E-state index in [1.54, 1.807) is 11.1 Å². The highest BCUT2D eigenvalue weighted by molar-refractivity contribution is 5.48. The minimum atomic E-state index is 0.639. The normalized spacial score (nSPS) is 17.4. The second-order valence-electron chi connectivity index (χ2n) is 3.92. The molecular formula is C12H20. The lowest BCUT2D eigenvalue weighted by molar-refractivity contribution is 0.705. The van der Waals surface area contributed by atoms with Crippen LogP contribution in [0.5, 0.6) is 0 Å². The van der Waals surface area contributed by atoms with Gasteiger partial charge in [-0.3, -0.25) is 0 Å². The summed E-state index contributed by atoms with van der Waals surface area (Å²) >= 11 is 0. The van der Waals surface area contributed by atoms with Gasteiger partial charge in [0.15, 0.2) is 0 Å². The highest BCUT2D eigenvalue weighted by Gasteiger charge is 2.35. The van der Waals surface area contributed by atoms with Crippen LogP contribution < -0.4 is 0 Å². The minimum absolute atomic E-state index is 0.639. The van der Waals surface area contributed by atoms with E-state index >= 15 is 0 Å². The zero-order valence-corrected chi connectivity index (χ0v) is 8.78. The first-order valence-electron chi connectivity index (χ1n) is 5.03. The van der Waals surface area contributed by atoms with Crippen LogP contribution in [0.2, 0.25) is 0 Å². The van der Waals surface area contributed by atoms with Crippen LogP contribution in [0.15, 0.2) is 23.3 Å². The van der Waals surface area contributed by atoms with Crippen LogP contribution in [-0.2, 0) is 0 Å². The number of hydrogen-bond acceptors (Lipinski definition) is 0. The molecule has 0 aromatic heterocycles. The van der Waals surface area contributed by atoms with Crippen molar-refractivity contribution in [1.29, 1.82) is 0 Å². The van der Waals surface area contributed by atoms with Gasteiger partial charge >= 0.3 is 0 Å². The Labute approximate surface area is 76.4 Å². The van der Waals surface area contributed by atoms with Crippen LogP contribution in [0.3, 0.4) is 0 Å². The van der Waals surface area contributed by atoms with Gasteiger partial charge in [0.25, 0.3) is 0 Å². The molecule has 0 saturated carbocycles. The van der Waals surface area contributed by atoms with Crippen LogP contribution in [0, 0.1) is 11.8 Å². The van der Waals surface area contributed by atoms with Crippen LogP contribution in [-0.4, -0.2) is 0 Å². The molecule has 12 heavy (non-hydrogen) atoms. The third-order valence-corrected chi connectivity index (χ3v) is 2.90. The van der Waals surface area contributed by atoms with E-state index in [9.17, 15) is 0 Å². The molecule has 0 fully saturated rings. The molecule has 0 aromatic carbocycles. The predicted molar refractivity (Wildman–Crippen MR) is 55.1 cm³/mol. The molecule has 0 aliphatic heterocycles. The van der Waals surface area contributed by atoms with Crippen molar-refractivity contribution in [2.45, 2.75) is 40.5 Å². The Hall–Kier alpha value is -0.520. The molecule has 0 nitrogen and oxygen atoms in total. The van der Waals surface area contributed by atoms with Crippen molar-refractivity contribution >= 4 is 0 Å². The Morgan fingerprint density at radius 3 is 1.92 bits per heavy atom. The van der Waals surface area contributed by atoms with Crippen LogP contribution in [0.25, 0.3) is 0 Å². The van der Waals surface area contributed by atoms with E-state index in [1.165, 1.54) is 18.4 Å². The zero-order chi connectivity index (χ0) is 9.30. The Bertz CT molecular complexity index is 204. The van der Waals surface area contributed by atoms with Gasteiger partial charge < -0.3 is 0 Å². The summed E-state index contributed by atoms with van der Waals surface area (Å²) in [6.07, 6.45) is 2.44. The van der Waals surface area contributed by atoms with Gasteiger partial charge in [-0.15, -0.1) is 0 Å². The summed E-state index contributed by atoms with van der Waals surface area (Å²) in [5.41, 5.74) is 4.75. The average Bonchev–Trinajstić information content (AvgIpc) is 2.75. The lowest BCUT2D eigenvalue weighted by atomic mass is 9.95. The van der Waals surface area contributed by atoms with E-state index in [1.807, 2.05) is 0 Å². The van der Waals surface area contributed by atoms with Crippen molar-refractivity contribution in [3.8, 4) is 0 Å². The van der Waals surface area contributed by atoms with E-state index in [-0.39, 0.29) is 0 Å². The molecule has 0 N–H and O–H groups in total. The maximum Gasteiger partial charge on any atom is 0.0222 e. The molecule has 0 unspecified atom stereocenters. The molecule has 1 aliphatic rings. The first-order valence-corrected chi connectivity index (χ1v) is 5.03. The van der Waals surface area contributed by atoms with Gasteiger partial charge in [-0.05, 0) is 18.8 Å². The molecule has 0 bridgehead atoms. The molecule has 1 rings (SSSR count). The molecule has 0 saturated heterocycles. The van der Waals surface area contributed by atoms with Crippen molar-refractivity contribution in [3.05, 3.63) is 23.3 Å². The van der Waals surface area contributed by atoms with Crippen LogP contribution >= 0.6 is 0 Å². The molecule has 0 amide bonds. The van der Waals surface area contributed by atoms with Gasteiger partial charge in [0.1, 0.15) is 0 Å². The molecule has 0 atom stereocenters. The van der Waals surface area contributed by atoms with Crippen molar-refractivity contribution in [1.82, 2.24) is 0 Å². The summed E-state index contributed by atoms with van der Waals surface area (Å²) in [5.74, 6) is 1.33. The summed E-state index contributed by atoms with van der Waals surface area (Å²) in [5, 5.41) is 0. The van der Waals surface area contributed by atoms with E-state index in [2.05, 4.69) is 34.3 Å². The van der Waals surface area contributed by atoms with Crippen LogP contribution in [0.4, 0.5) is 0 Å². The maximum absolute atomic E-state index is 4.17. The summed E-state index contributed by atoms with van der Waals surface area (Å²) < 4.78 is 0. The number of hydrogen-bond donors (Lipinski definition) is 0. The Morgan fingerprint density at radius 1 is 1.25 bits per heavy atom. The smallest absolute Gasteiger partial charge is 0.0222 e. The highest BCUT2D eigenvalue weighted by Crippen LogP contribution is 2.49. The SMILES string of the molecule is C=C(C(C)C)C1C(CC)=C1CC. The Balaban J connectivity index is 2.57. The molecule has 0 aromatic rings. The fraction of sp³-hybridized carbons (Fsp3) is 0.667. The van der Waals surface area contributed by atoms with E-state index in [4.69, 9.17) is 0 Å². The monoisotopic (exact) mass is 164 g/mol. The summed E-state index contributed by atoms with van der Waals surface area (Å²) in [6, 6.07) is 0. The van der Waals surface area contributed by atoms with Gasteiger partial charge in [0.2, 0.25) is 0 Å². The predicted octanol–water partition coefficient (Wildman–Crippen LogP) is 3.95. The highest BCUT2D eigenvalue weighted by atomic mass is 14.4. The number of rotatable bonds is 4. The molecule has 0 heterocycles. The molecule has 68 valence electrons. The standard InChI is InChI=1S/C12H20/c1-6-10-11(7-2)12(10)9(5)8(3)4/h8,12H,5-7H2,1-4H3. The van der Waals surface area contributed by atoms with Crippen molar-refractivity contribution in [2.75, 3.05) is 0 Å². The molecule has 1 aliphatic carbocycles. The first kappa shape index (κ1) is 9.57. The van der Waals surface area contributed by atoms with Crippen molar-refractivity contribution in [2.24, 2.45) is 11.8 Å². The third-order valence-electron chi connectivity index (χ3n) is 2.90. The lowest BCUT2D eigenvalue weighted by Gasteiger charge is -2.09. The van der Waals surface area contributed by atoms with Gasteiger partial charge in [-0.1, -0.05) is 51.0 Å². The zero-order valence-electron chi connectivity index (χ0n) is 8.78. The molecular weight excluding hydrogens is 144 g/mol. The van der Waals surface area contributed by atoms with Gasteiger partial charge in [-0.2, -0.15) is 0 Å². The van der Waals surface area contributed by atoms with Gasteiger partial charge in [-0.25, -0.2) is 0 Å². The van der Waals surface area contributed by atoms with Crippen molar-refractivity contribution in [3.63, 3.8) is 0 Å². The van der Waals surface area contributed by atoms with E-state index in [0.29, 0.717) is 11.8 Å². The third kappa shape index (κ3) is 1.48. The summed E-state index contributed by atoms with van der Waals surface area (Å²) in [4.78, 5) is 0. The largest absolute Gasteiger partial charge is 0.0987 e. The quantitative estimate of drug-likeness (QED) is 0.552.